The van der Waals surface area contributed by atoms with Crippen LogP contribution >= 0.6 is 0 Å². The van der Waals surface area contributed by atoms with Crippen molar-refractivity contribution in [1.82, 2.24) is 29.9 Å². The fourth-order valence-corrected chi connectivity index (χ4v) is 4.74. The Balaban J connectivity index is 0.000000150. The van der Waals surface area contributed by atoms with Gasteiger partial charge in [0.05, 0.1) is 69.6 Å². The second-order valence-electron chi connectivity index (χ2n) is 11.0. The van der Waals surface area contributed by atoms with Crippen molar-refractivity contribution in [2.24, 2.45) is 0 Å². The smallest absolute Gasteiger partial charge is 0.105 e. The van der Waals surface area contributed by atoms with Gasteiger partial charge in [0.1, 0.15) is 17.1 Å². The van der Waals surface area contributed by atoms with E-state index in [1.165, 1.54) is 28.6 Å². The van der Waals surface area contributed by atoms with E-state index in [4.69, 9.17) is 0 Å². The molecule has 0 N–H and O–H groups in total. The molecule has 3 heterocycles. The summed E-state index contributed by atoms with van der Waals surface area (Å²) < 4.78 is 1.28. The summed E-state index contributed by atoms with van der Waals surface area (Å²) in [4.78, 5) is 54.6. The van der Waals surface area contributed by atoms with Crippen LogP contribution < -0.4 is 15.3 Å². The number of carbonyl (C=O) groups is 3. The summed E-state index contributed by atoms with van der Waals surface area (Å²) >= 11 is 1.62. The molecule has 50 heavy (non-hydrogen) atoms. The van der Waals surface area contributed by atoms with Crippen LogP contribution in [0.5, 0.6) is 0 Å². The molecule has 0 amide bonds. The van der Waals surface area contributed by atoms with Gasteiger partial charge >= 0.3 is 82.1 Å². The molecule has 12 nitrogen and oxygen atoms in total. The van der Waals surface area contributed by atoms with Crippen LogP contribution in [0.2, 0.25) is 4.44 Å². The van der Waals surface area contributed by atoms with Crippen molar-refractivity contribution in [2.45, 2.75) is 23.7 Å². The van der Waals surface area contributed by atoms with Crippen LogP contribution in [0.3, 0.4) is 0 Å². The van der Waals surface area contributed by atoms with Crippen LogP contribution in [0.25, 0.3) is 33.1 Å². The molecule has 4 aromatic carbocycles. The van der Waals surface area contributed by atoms with Gasteiger partial charge in [-0.1, -0.05) is 36.4 Å². The third kappa shape index (κ3) is 10.3. The number of rotatable bonds is 5. The molecule has 0 saturated heterocycles. The fourth-order valence-electron chi connectivity index (χ4n) is 4.16. The number of carbonyl (C=O) groups excluding carboxylic acids is 3. The molecule has 246 valence electrons. The maximum atomic E-state index is 10.4. The summed E-state index contributed by atoms with van der Waals surface area (Å²) in [6.07, 6.45) is 3.58. The molecule has 7 rings (SSSR count). The number of benzene rings is 4. The molecular weight excluding hydrogens is 743 g/mol. The summed E-state index contributed by atoms with van der Waals surface area (Å²) in [6.45, 7) is 4.61. The first kappa shape index (κ1) is 36.9. The molecule has 0 fully saturated rings. The van der Waals surface area contributed by atoms with Crippen LogP contribution in [-0.4, -0.2) is 70.3 Å². The van der Waals surface area contributed by atoms with E-state index in [1.54, 1.807) is 77.1 Å². The van der Waals surface area contributed by atoms with Crippen molar-refractivity contribution < 1.29 is 29.7 Å². The number of hydrogen-bond donors (Lipinski definition) is 0. The molecule has 0 saturated carbocycles. The van der Waals surface area contributed by atoms with Gasteiger partial charge < -0.3 is 29.7 Å². The molecule has 0 radical (unpaired) electrons. The molecule has 3 aromatic heterocycles. The number of fused-ring (bicyclic) bond motifs is 3. The predicted octanol–water partition coefficient (Wildman–Crippen LogP) is 2.53. The normalized spacial score (nSPS) is 10.5. The van der Waals surface area contributed by atoms with Gasteiger partial charge in [0.15, 0.2) is 0 Å². The number of carboxylic acid groups (broad SMARTS) is 3. The van der Waals surface area contributed by atoms with E-state index in [9.17, 15) is 29.7 Å². The van der Waals surface area contributed by atoms with Gasteiger partial charge in [-0.25, -0.2) is 15.0 Å². The molecule has 0 bridgehead atoms. The number of carboxylic acids is 3. The number of aromatic carboxylic acids is 3. The Bertz CT molecular complexity index is 2040. The van der Waals surface area contributed by atoms with E-state index in [2.05, 4.69) is 74.1 Å². The first-order valence-electron chi connectivity index (χ1n) is 15.0. The van der Waals surface area contributed by atoms with Crippen molar-refractivity contribution >= 4 is 73.5 Å². The van der Waals surface area contributed by atoms with Crippen LogP contribution in [0.1, 0.15) is 50.9 Å². The van der Waals surface area contributed by atoms with Crippen molar-refractivity contribution in [2.75, 3.05) is 0 Å². The molecule has 0 aliphatic rings. The average Bonchev–Trinajstić information content (AvgIpc) is 3.15. The largest absolute Gasteiger partial charge is 0.543 e. The maximum absolute atomic E-state index is 10.4. The van der Waals surface area contributed by atoms with E-state index in [-0.39, 0.29) is 17.1 Å². The second-order valence-corrected chi connectivity index (χ2v) is 12.0. The van der Waals surface area contributed by atoms with E-state index in [0.29, 0.717) is 38.5 Å². The van der Waals surface area contributed by atoms with Gasteiger partial charge in [-0.15, -0.1) is 0 Å². The summed E-state index contributed by atoms with van der Waals surface area (Å²) in [6, 6.07) is 31.9. The maximum Gasteiger partial charge on any atom is 0.105 e. The van der Waals surface area contributed by atoms with Gasteiger partial charge in [-0.2, -0.15) is 0 Å². The van der Waals surface area contributed by atoms with E-state index in [1.807, 2.05) is 18.2 Å². The first-order chi connectivity index (χ1) is 24.0. The zero-order chi connectivity index (χ0) is 36.1. The molecule has 0 aliphatic carbocycles. The van der Waals surface area contributed by atoms with Gasteiger partial charge in [0.2, 0.25) is 0 Å². The third-order valence-electron chi connectivity index (χ3n) is 6.97. The number of aromatic nitrogens is 6. The first-order valence-corrected chi connectivity index (χ1v) is 17.0. The Morgan fingerprint density at radius 1 is 0.500 bits per heavy atom. The quantitative estimate of drug-likeness (QED) is 0.232. The second kappa shape index (κ2) is 17.5. The van der Waals surface area contributed by atoms with Crippen molar-refractivity contribution in [1.29, 1.82) is 0 Å². The van der Waals surface area contributed by atoms with E-state index in [0.717, 1.165) is 0 Å². The van der Waals surface area contributed by atoms with Crippen molar-refractivity contribution in [3.63, 3.8) is 0 Å². The van der Waals surface area contributed by atoms with Crippen molar-refractivity contribution in [3.8, 4) is 0 Å². The van der Waals surface area contributed by atoms with Gasteiger partial charge in [-0.3, -0.25) is 15.0 Å². The van der Waals surface area contributed by atoms with Gasteiger partial charge in [0, 0.05) is 0 Å². The number of para-hydroxylation sites is 6. The molecular formula is C37H28N6O6Sn. The van der Waals surface area contributed by atoms with Gasteiger partial charge in [0.25, 0.3) is 0 Å². The average molecular weight is 771 g/mol. The monoisotopic (exact) mass is 772 g/mol. The van der Waals surface area contributed by atoms with Crippen LogP contribution in [0.15, 0.2) is 122 Å². The Morgan fingerprint density at radius 2 is 0.780 bits per heavy atom. The minimum atomic E-state index is -1.31. The SMILES string of the molecule is CC(C)([CH2][Sn+3])c1ccccc1.O=C([O-])c1cnc2ccccc2n1.O=C([O-])c1cnc2ccccc2n1.O=C([O-])c1cnc2ccccc2n1. The van der Waals surface area contributed by atoms with Gasteiger partial charge in [-0.05, 0) is 36.4 Å². The van der Waals surface area contributed by atoms with Crippen LogP contribution in [-0.2, 0) is 5.41 Å². The summed E-state index contributed by atoms with van der Waals surface area (Å²) in [7, 11) is 0. The standard InChI is InChI=1S/C10H13.3C9H6N2O2.Sn/c1-10(2,3)9-7-5-4-6-8-9;3*12-9(13)8-5-10-6-3-1-2-4-7(6)11-8;/h4-8H,1H2,2-3H3;3*1-5H,(H,12,13);/q;;;;+3/p-3. The summed E-state index contributed by atoms with van der Waals surface area (Å²) in [5, 5.41) is 31.3. The van der Waals surface area contributed by atoms with E-state index >= 15 is 0 Å². The van der Waals surface area contributed by atoms with Crippen molar-refractivity contribution in [3.05, 3.63) is 144 Å². The topological polar surface area (TPSA) is 198 Å². The molecule has 0 spiro atoms. The molecule has 0 atom stereocenters. The zero-order valence-corrected chi connectivity index (χ0v) is 29.7. The van der Waals surface area contributed by atoms with Crippen LogP contribution in [0, 0.1) is 0 Å². The number of nitrogens with zero attached hydrogens (tertiary/aromatic N) is 6. The Morgan fingerprint density at radius 3 is 1.06 bits per heavy atom. The minimum absolute atomic E-state index is 0.140. The fraction of sp³-hybridized carbons (Fsp3) is 0.108. The Hall–Kier alpha value is -5.89. The summed E-state index contributed by atoms with van der Waals surface area (Å²) in [5.74, 6) is -3.92. The molecule has 0 unspecified atom stereocenters. The zero-order valence-electron chi connectivity index (χ0n) is 26.9. The summed E-state index contributed by atoms with van der Waals surface area (Å²) in [5.41, 5.74) is 5.11. The molecule has 7 aromatic rings. The Labute approximate surface area is 300 Å². The molecule has 13 heteroatoms. The third-order valence-corrected chi connectivity index (χ3v) is 9.49. The molecule has 0 aliphatic heterocycles. The Kier molecular flexibility index (Phi) is 12.9. The van der Waals surface area contributed by atoms with E-state index < -0.39 is 17.9 Å². The van der Waals surface area contributed by atoms with Crippen LogP contribution in [0.4, 0.5) is 0 Å². The number of hydrogen-bond acceptors (Lipinski definition) is 12. The predicted molar refractivity (Wildman–Crippen MR) is 182 cm³/mol. The minimum Gasteiger partial charge on any atom is -0.543 e.